The number of hydrogen-bond acceptors (Lipinski definition) is 4. The highest BCUT2D eigenvalue weighted by molar-refractivity contribution is 6.44. The fourth-order valence-electron chi connectivity index (χ4n) is 7.08. The second-order valence-corrected chi connectivity index (χ2v) is 10.3. The van der Waals surface area contributed by atoms with E-state index in [-0.39, 0.29) is 11.6 Å². The number of rotatable bonds is 0. The van der Waals surface area contributed by atoms with E-state index < -0.39 is 0 Å². The van der Waals surface area contributed by atoms with Gasteiger partial charge in [0.05, 0.1) is 11.4 Å². The molecule has 0 atom stereocenters. The van der Waals surface area contributed by atoms with Crippen LogP contribution in [0.5, 0.6) is 0 Å². The van der Waals surface area contributed by atoms with E-state index in [1.807, 2.05) is 72.8 Å². The highest BCUT2D eigenvalue weighted by atomic mass is 16.1. The van der Waals surface area contributed by atoms with Crippen LogP contribution in [0.25, 0.3) is 65.3 Å². The molecule has 2 aliphatic carbocycles. The molecule has 4 N–H and O–H groups in total. The molecule has 2 aliphatic rings. The van der Waals surface area contributed by atoms with Gasteiger partial charge in [0.1, 0.15) is 0 Å². The number of nitrogens with two attached hydrogens (primary N) is 2. The number of nitrogen functional groups attached to an aromatic ring is 2. The lowest BCUT2D eigenvalue weighted by Crippen LogP contribution is -2.13. The van der Waals surface area contributed by atoms with Crippen LogP contribution in [0.3, 0.4) is 0 Å². The van der Waals surface area contributed by atoms with E-state index in [0.29, 0.717) is 28.1 Å². The molecule has 0 aromatic heterocycles. The lowest BCUT2D eigenvalue weighted by Gasteiger charge is -2.27. The first-order chi connectivity index (χ1) is 18.6. The van der Waals surface area contributed by atoms with Gasteiger partial charge in [0.2, 0.25) is 0 Å². The summed E-state index contributed by atoms with van der Waals surface area (Å²) in [6, 6.07) is 27.5. The van der Waals surface area contributed by atoms with Crippen LogP contribution in [0.4, 0.5) is 11.4 Å². The molecule has 0 saturated carbocycles. The zero-order valence-corrected chi connectivity index (χ0v) is 20.1. The van der Waals surface area contributed by atoms with E-state index in [1.165, 1.54) is 0 Å². The standard InChI is InChI=1S/C34H18N2O2/c35-31-29-16-6-2-4-8-21(16)34(38)24-14-11-19-18-10-13-23-26-17(15-5-1-3-7-20(15)33(23)37)9-12-22(25(18)26)30(32(31)36)27(19)28(24)29/h1-14H,35-36H2. The molecule has 9 rings (SSSR count). The Labute approximate surface area is 216 Å². The Kier molecular flexibility index (Phi) is 3.33. The van der Waals surface area contributed by atoms with Crippen molar-refractivity contribution in [3.63, 3.8) is 0 Å². The Morgan fingerprint density at radius 3 is 1.61 bits per heavy atom. The van der Waals surface area contributed by atoms with Gasteiger partial charge in [0, 0.05) is 49.4 Å². The highest BCUT2D eigenvalue weighted by Crippen LogP contribution is 2.54. The summed E-state index contributed by atoms with van der Waals surface area (Å²) in [6.07, 6.45) is 0. The lowest BCUT2D eigenvalue weighted by atomic mass is 9.76. The number of ketones is 2. The van der Waals surface area contributed by atoms with Crippen LogP contribution in [-0.2, 0) is 0 Å². The van der Waals surface area contributed by atoms with Gasteiger partial charge in [-0.1, -0.05) is 72.8 Å². The Morgan fingerprint density at radius 2 is 0.895 bits per heavy atom. The van der Waals surface area contributed by atoms with Gasteiger partial charge in [-0.3, -0.25) is 9.59 Å². The van der Waals surface area contributed by atoms with Crippen LogP contribution < -0.4 is 11.5 Å². The number of carbonyl (C=O) groups is 2. The van der Waals surface area contributed by atoms with Gasteiger partial charge < -0.3 is 11.5 Å². The molecule has 0 amide bonds. The molecule has 0 unspecified atom stereocenters. The summed E-state index contributed by atoms with van der Waals surface area (Å²) in [5.74, 6) is 0.0237. The van der Waals surface area contributed by atoms with Crippen molar-refractivity contribution in [3.8, 4) is 22.3 Å². The second-order valence-electron chi connectivity index (χ2n) is 10.3. The molecule has 0 bridgehead atoms. The first-order valence-corrected chi connectivity index (χ1v) is 12.6. The molecule has 0 fully saturated rings. The largest absolute Gasteiger partial charge is 0.397 e. The third-order valence-corrected chi connectivity index (χ3v) is 8.65. The van der Waals surface area contributed by atoms with Gasteiger partial charge in [0.25, 0.3) is 0 Å². The van der Waals surface area contributed by atoms with E-state index >= 15 is 0 Å². The molecule has 7 aromatic rings. The third kappa shape index (κ3) is 2.04. The van der Waals surface area contributed by atoms with Crippen LogP contribution in [0.15, 0.2) is 84.9 Å². The smallest absolute Gasteiger partial charge is 0.194 e. The number of anilines is 2. The number of benzene rings is 7. The highest BCUT2D eigenvalue weighted by Gasteiger charge is 2.32. The summed E-state index contributed by atoms with van der Waals surface area (Å²) >= 11 is 0. The van der Waals surface area contributed by atoms with Crippen molar-refractivity contribution < 1.29 is 9.59 Å². The van der Waals surface area contributed by atoms with Crippen LogP contribution in [0, 0.1) is 0 Å². The predicted octanol–water partition coefficient (Wildman–Crippen LogP) is 7.32. The Bertz CT molecular complexity index is 2290. The summed E-state index contributed by atoms with van der Waals surface area (Å²) in [5, 5.41) is 7.58. The molecule has 4 nitrogen and oxygen atoms in total. The molecular formula is C34H18N2O2. The summed E-state index contributed by atoms with van der Waals surface area (Å²) < 4.78 is 0. The molecule has 0 aliphatic heterocycles. The second kappa shape index (κ2) is 6.36. The molecule has 38 heavy (non-hydrogen) atoms. The van der Waals surface area contributed by atoms with Gasteiger partial charge >= 0.3 is 0 Å². The monoisotopic (exact) mass is 486 g/mol. The molecule has 0 saturated heterocycles. The topological polar surface area (TPSA) is 86.2 Å². The number of hydrogen-bond donors (Lipinski definition) is 2. The van der Waals surface area contributed by atoms with E-state index in [0.717, 1.165) is 70.9 Å². The average molecular weight is 487 g/mol. The minimum atomic E-state index is -0.00646. The van der Waals surface area contributed by atoms with Crippen molar-refractivity contribution in [1.29, 1.82) is 0 Å². The van der Waals surface area contributed by atoms with Crippen molar-refractivity contribution in [2.45, 2.75) is 0 Å². The average Bonchev–Trinajstić information content (AvgIpc) is 2.96. The molecule has 0 heterocycles. The van der Waals surface area contributed by atoms with Crippen molar-refractivity contribution in [1.82, 2.24) is 0 Å². The Balaban J connectivity index is 1.57. The van der Waals surface area contributed by atoms with Crippen molar-refractivity contribution in [3.05, 3.63) is 107 Å². The van der Waals surface area contributed by atoms with E-state index in [4.69, 9.17) is 11.5 Å². The molecule has 0 spiro atoms. The molecule has 176 valence electrons. The van der Waals surface area contributed by atoms with Crippen molar-refractivity contribution >= 4 is 66.0 Å². The molecule has 0 radical (unpaired) electrons. The van der Waals surface area contributed by atoms with Crippen molar-refractivity contribution in [2.24, 2.45) is 0 Å². The van der Waals surface area contributed by atoms with Crippen molar-refractivity contribution in [2.75, 3.05) is 11.5 Å². The van der Waals surface area contributed by atoms with Gasteiger partial charge in [0.15, 0.2) is 11.6 Å². The Morgan fingerprint density at radius 1 is 0.368 bits per heavy atom. The SMILES string of the molecule is Nc1c2c3c(ccc4c5ccc6c7c(ccc(c(c1N)c34)c75)-c1ccccc1C6=O)C(=O)c1ccccc1-2. The first kappa shape index (κ1) is 19.9. The van der Waals surface area contributed by atoms with Gasteiger partial charge in [-0.25, -0.2) is 0 Å². The normalized spacial score (nSPS) is 13.6. The molecule has 4 heteroatoms. The van der Waals surface area contributed by atoms with E-state index in [1.54, 1.807) is 0 Å². The maximum atomic E-state index is 13.6. The molecule has 7 aromatic carbocycles. The number of carbonyl (C=O) groups excluding carboxylic acids is 2. The zero-order chi connectivity index (χ0) is 25.4. The molecular weight excluding hydrogens is 468 g/mol. The van der Waals surface area contributed by atoms with Crippen LogP contribution in [0.1, 0.15) is 31.8 Å². The van der Waals surface area contributed by atoms with Crippen LogP contribution in [-0.4, -0.2) is 11.6 Å². The minimum absolute atomic E-state index is 0.00646. The van der Waals surface area contributed by atoms with Crippen LogP contribution in [0.2, 0.25) is 0 Å². The predicted molar refractivity (Wildman–Crippen MR) is 154 cm³/mol. The van der Waals surface area contributed by atoms with Gasteiger partial charge in [-0.15, -0.1) is 0 Å². The summed E-state index contributed by atoms with van der Waals surface area (Å²) in [4.78, 5) is 27.2. The maximum Gasteiger partial charge on any atom is 0.194 e. The summed E-state index contributed by atoms with van der Waals surface area (Å²) in [5.41, 5.74) is 21.0. The first-order valence-electron chi connectivity index (χ1n) is 12.6. The fraction of sp³-hybridized carbons (Fsp3) is 0. The fourth-order valence-corrected chi connectivity index (χ4v) is 7.08. The Hall–Kier alpha value is -5.22. The number of fused-ring (bicyclic) bond motifs is 6. The lowest BCUT2D eigenvalue weighted by molar-refractivity contribution is 0.103. The quantitative estimate of drug-likeness (QED) is 0.134. The van der Waals surface area contributed by atoms with E-state index in [9.17, 15) is 9.59 Å². The summed E-state index contributed by atoms with van der Waals surface area (Å²) in [6.45, 7) is 0. The maximum absolute atomic E-state index is 13.6. The third-order valence-electron chi connectivity index (χ3n) is 8.65. The summed E-state index contributed by atoms with van der Waals surface area (Å²) in [7, 11) is 0. The van der Waals surface area contributed by atoms with Crippen LogP contribution >= 0.6 is 0 Å². The van der Waals surface area contributed by atoms with Gasteiger partial charge in [-0.2, -0.15) is 0 Å². The minimum Gasteiger partial charge on any atom is -0.397 e. The zero-order valence-electron chi connectivity index (χ0n) is 20.1. The van der Waals surface area contributed by atoms with Gasteiger partial charge in [-0.05, 0) is 50.4 Å². The van der Waals surface area contributed by atoms with E-state index in [2.05, 4.69) is 12.1 Å².